The van der Waals surface area contributed by atoms with Gasteiger partial charge in [0.05, 0.1) is 32.1 Å². The highest BCUT2D eigenvalue weighted by molar-refractivity contribution is 5.89. The fraction of sp³-hybridized carbons (Fsp3) is 0.406. The number of nitrogen functional groups attached to an aromatic ring is 2. The largest absolute Gasteiger partial charge is 0.536 e. The molecule has 6 aliphatic rings. The lowest BCUT2D eigenvalue weighted by Gasteiger charge is -2.42. The van der Waals surface area contributed by atoms with Crippen LogP contribution in [0.4, 0.5) is 245 Å². The van der Waals surface area contributed by atoms with E-state index in [-0.39, 0.29) is 47.8 Å². The number of amides is 2. The number of fused-ring (bicyclic) bond motifs is 6. The number of anilines is 4. The quantitative estimate of drug-likeness (QED) is 0.0551. The molecule has 2 amide bonds. The van der Waals surface area contributed by atoms with E-state index in [1.54, 1.807) is 0 Å². The lowest BCUT2D eigenvalue weighted by Crippen LogP contribution is -2.66. The van der Waals surface area contributed by atoms with E-state index in [0.29, 0.717) is 48.5 Å². The molecule has 6 heterocycles. The van der Waals surface area contributed by atoms with Crippen LogP contribution in [-0.4, -0.2) is 132 Å². The van der Waals surface area contributed by atoms with Crippen LogP contribution in [0.5, 0.6) is 34.5 Å². The van der Waals surface area contributed by atoms with Gasteiger partial charge in [-0.15, -0.1) is 26.3 Å². The fourth-order valence-corrected chi connectivity index (χ4v) is 11.3. The fourth-order valence-electron chi connectivity index (χ4n) is 11.3. The zero-order chi connectivity index (χ0) is 105. The molecule has 6 N–H and O–H groups in total. The molecule has 0 fully saturated rings. The van der Waals surface area contributed by atoms with Crippen LogP contribution in [0, 0.1) is 20.2 Å². The summed E-state index contributed by atoms with van der Waals surface area (Å²) in [6.07, 6.45) is -106. The van der Waals surface area contributed by atoms with Crippen LogP contribution in [0.3, 0.4) is 0 Å². The third kappa shape index (κ3) is 20.9. The highest BCUT2D eigenvalue weighted by Gasteiger charge is 2.86. The summed E-state index contributed by atoms with van der Waals surface area (Å²) in [5.41, 5.74) is -19.3. The van der Waals surface area contributed by atoms with E-state index in [0.717, 1.165) is 38.1 Å². The molecule has 72 heteroatoms. The van der Waals surface area contributed by atoms with Gasteiger partial charge < -0.3 is 50.5 Å². The molecule has 0 aliphatic carbocycles. The summed E-state index contributed by atoms with van der Waals surface area (Å²) < 4.78 is 666. The molecule has 24 nitrogen and oxygen atoms in total. The van der Waals surface area contributed by atoms with Crippen LogP contribution in [-0.2, 0) is 73.1 Å². The molecule has 0 atom stereocenters. The van der Waals surface area contributed by atoms with E-state index >= 15 is 0 Å². The van der Waals surface area contributed by atoms with Crippen LogP contribution < -0.4 is 50.5 Å². The first-order valence-electron chi connectivity index (χ1n) is 33.1. The van der Waals surface area contributed by atoms with Gasteiger partial charge in [-0.3, -0.25) is 58.2 Å². The normalized spacial score (nSPS) is 19.8. The van der Waals surface area contributed by atoms with Crippen LogP contribution in [0.15, 0.2) is 109 Å². The molecule has 136 heavy (non-hydrogen) atoms. The average molecular weight is 2080 g/mol. The number of carbonyl (C=O) groups is 2. The average Bonchev–Trinajstić information content (AvgIpc) is 0.722. The van der Waals surface area contributed by atoms with Gasteiger partial charge in [0, 0.05) is 72.0 Å². The Morgan fingerprint density at radius 3 is 0.699 bits per heavy atom. The third-order valence-electron chi connectivity index (χ3n) is 16.7. The topological polar surface area (TPSA) is 307 Å². The number of carbonyl (C=O) groups excluding carboxylic acids is 2. The first kappa shape index (κ1) is 111. The summed E-state index contributed by atoms with van der Waals surface area (Å²) in [7, 11) is 0. The predicted octanol–water partition coefficient (Wildman–Crippen LogP) is 22.7. The molecule has 0 aromatic heterocycles. The van der Waals surface area contributed by atoms with Crippen molar-refractivity contribution in [3.05, 3.63) is 163 Å². The monoisotopic (exact) mass is 2080 g/mol. The van der Waals surface area contributed by atoms with Gasteiger partial charge in [0.15, 0.2) is 0 Å². The molecule has 6 aromatic carbocycles. The van der Waals surface area contributed by atoms with Crippen molar-refractivity contribution in [2.75, 3.05) is 22.1 Å². The summed E-state index contributed by atoms with van der Waals surface area (Å²) in [5.74, 6) is -26.6. The zero-order valence-electron chi connectivity index (χ0n) is 62.9. The molecule has 760 valence electrons. The number of benzene rings is 6. The summed E-state index contributed by atoms with van der Waals surface area (Å²) in [5, 5.41) is 25.0. The Labute approximate surface area is 711 Å². The van der Waals surface area contributed by atoms with E-state index in [4.69, 9.17) is 11.5 Å². The summed E-state index contributed by atoms with van der Waals surface area (Å²) >= 11 is 0. The minimum Gasteiger partial charge on any atom is -0.446 e. The van der Waals surface area contributed by atoms with Crippen LogP contribution in [0.1, 0.15) is 47.2 Å². The maximum atomic E-state index is 13.9. The first-order valence-corrected chi connectivity index (χ1v) is 33.1. The number of nitrogens with one attached hydrogen (secondary N) is 2. The molecule has 0 bridgehead atoms. The van der Waals surface area contributed by atoms with Gasteiger partial charge in [-0.1, -0.05) is 0 Å². The van der Waals surface area contributed by atoms with Crippen LogP contribution in [0.2, 0.25) is 0 Å². The number of nitro groups is 2. The molecule has 0 spiro atoms. The number of nitrogens with zero attached hydrogens (tertiary/aromatic N) is 2. The Balaban J connectivity index is 0.000000223. The van der Waals surface area contributed by atoms with Crippen molar-refractivity contribution in [2.45, 2.75) is 159 Å². The number of hydrogen-bond donors (Lipinski definition) is 4. The Hall–Kier alpha value is -12.1. The zero-order valence-corrected chi connectivity index (χ0v) is 62.9. The van der Waals surface area contributed by atoms with Gasteiger partial charge in [-0.25, -0.2) is 0 Å². The van der Waals surface area contributed by atoms with Gasteiger partial charge >= 0.3 is 129 Å². The van der Waals surface area contributed by atoms with E-state index < -0.39 is 258 Å². The van der Waals surface area contributed by atoms with E-state index in [1.807, 2.05) is 10.6 Å². The SMILES string of the molecule is CC(=O)Nc1ccc2c(c1)C(C(F)(F)F)(C(F)(F)F)OC(F)(F)O2.CC(=O)Nc1ccc2c(c1)C(F)(F)OC(C(F)(F)F)(C(F)(F)F)O2.Nc1ccc2c(c1)C(C(F)(F)F)(C(F)(F)F)OC(F)(F)O2.Nc1ccc2c(c1)C(F)(F)OC(C(F)(F)F)(C(F)(F)F)O2.O=[N+]([O-])c1ccc2c(c1)C(C(F)(F)F)(C(F)(F)F)OC(F)(F)O2.O=[N+]([O-])c1ccc2c(c1)C(F)(F)OC(C(F)(F)F)(C(F)(F)F)O2. The van der Waals surface area contributed by atoms with Gasteiger partial charge in [0.1, 0.15) is 34.5 Å². The minimum absolute atomic E-state index is 0.0615. The Kier molecular flexibility index (Phi) is 28.1. The van der Waals surface area contributed by atoms with Crippen molar-refractivity contribution in [1.82, 2.24) is 0 Å². The molecule has 12 rings (SSSR count). The lowest BCUT2D eigenvalue weighted by molar-refractivity contribution is -0.506. The number of non-ortho nitro benzene ring substituents is 2. The lowest BCUT2D eigenvalue weighted by atomic mass is 9.89. The number of hydrogen-bond acceptors (Lipinski definition) is 20. The molecule has 6 aromatic rings. The van der Waals surface area contributed by atoms with Crippen LogP contribution >= 0.6 is 0 Å². The smallest absolute Gasteiger partial charge is 0.446 e. The predicted molar refractivity (Wildman–Crippen MR) is 332 cm³/mol. The van der Waals surface area contributed by atoms with E-state index in [9.17, 15) is 241 Å². The van der Waals surface area contributed by atoms with Gasteiger partial charge in [-0.05, 0) is 84.9 Å². The number of nitro benzene ring substituents is 2. The van der Waals surface area contributed by atoms with Crippen molar-refractivity contribution < 1.29 is 287 Å². The highest BCUT2D eigenvalue weighted by atomic mass is 19.5. The first-order chi connectivity index (χ1) is 60.4. The maximum absolute atomic E-state index is 13.9. The van der Waals surface area contributed by atoms with Crippen molar-refractivity contribution >= 4 is 45.9 Å². The Morgan fingerprint density at radius 1 is 0.272 bits per heavy atom. The van der Waals surface area contributed by atoms with Crippen molar-refractivity contribution in [2.24, 2.45) is 0 Å². The highest BCUT2D eigenvalue weighted by Crippen LogP contribution is 2.66. The maximum Gasteiger partial charge on any atom is 0.536 e. The third-order valence-corrected chi connectivity index (χ3v) is 16.7. The Bertz CT molecular complexity index is 5400. The molecular weight excluding hydrogens is 2050 g/mol. The number of ether oxygens (including phenoxy) is 12. The van der Waals surface area contributed by atoms with Crippen molar-refractivity contribution in [3.8, 4) is 34.5 Å². The minimum atomic E-state index is -6.40. The van der Waals surface area contributed by atoms with Gasteiger partial charge in [0.2, 0.25) is 11.8 Å². The van der Waals surface area contributed by atoms with Gasteiger partial charge in [-0.2, -0.15) is 184 Å². The summed E-state index contributed by atoms with van der Waals surface area (Å²) in [4.78, 5) is 40.3. The molecule has 0 saturated heterocycles. The number of alkyl halides is 48. The molecule has 6 aliphatic heterocycles. The number of nitrogens with two attached hydrogens (primary N) is 2. The summed E-state index contributed by atoms with van der Waals surface area (Å²) in [6, 6.07) is 7.58. The van der Waals surface area contributed by atoms with Crippen molar-refractivity contribution in [1.29, 1.82) is 0 Å². The van der Waals surface area contributed by atoms with E-state index in [2.05, 4.69) is 56.8 Å². The molecule has 0 unspecified atom stereocenters. The molecule has 0 radical (unpaired) electrons. The Morgan fingerprint density at radius 2 is 0.463 bits per heavy atom. The second kappa shape index (κ2) is 34.5. The second-order valence-electron chi connectivity index (χ2n) is 26.2. The number of halogens is 48. The summed E-state index contributed by atoms with van der Waals surface area (Å²) in [6.45, 7) is 1.96. The van der Waals surface area contributed by atoms with Crippen LogP contribution in [0.25, 0.3) is 0 Å². The standard InChI is InChI=1S/2C12H7F8NO3.2C10H3F8NO4.2C10H5F8NO2/c1-5(22)21-6-2-3-8-7(4-6)9(13,14)24-10(23-8,11(15,16)17)12(18,19)20;1-5(22)21-6-2-3-8-7(4-6)9(10(13,14)15,11(16,17)18)24-12(19,20)23-8;11-7(12)5-3-4(19(20)21)1-2-6(5)22-8(23-7,9(13,14)15)10(16,17)18;11-8(12,13)7(9(14,15)16)5-3-4(19(20)21)1-2-6(5)22-10(17,18)23-7;11-7(12)5-3-4(19)1-2-6(5)20-8(21-7,9(13,14)15)10(16,17)18;11-8(12,13)7(9(14,15)16)5-3-4(19)1-2-6(5)20-10(17,18)21-7/h2*2-4H,1H3,(H,21,22);2*1-3H;2*1-3H,19H2. The molecule has 0 saturated carbocycles. The van der Waals surface area contributed by atoms with Crippen molar-refractivity contribution in [3.63, 3.8) is 0 Å². The second-order valence-corrected chi connectivity index (χ2v) is 26.2. The number of rotatable bonds is 4. The van der Waals surface area contributed by atoms with Gasteiger partial charge in [0.25, 0.3) is 28.2 Å². The molecular formula is C64H30F48N6O18. The van der Waals surface area contributed by atoms with E-state index in [1.165, 1.54) is 0 Å².